The number of anilines is 1. The molecule has 1 aromatic carbocycles. The van der Waals surface area contributed by atoms with E-state index in [0.29, 0.717) is 41.5 Å². The molecule has 1 aromatic rings. The van der Waals surface area contributed by atoms with Gasteiger partial charge in [0.2, 0.25) is 5.91 Å². The van der Waals surface area contributed by atoms with Crippen molar-refractivity contribution in [2.24, 2.45) is 34.5 Å². The predicted molar refractivity (Wildman–Crippen MR) is 114 cm³/mol. The van der Waals surface area contributed by atoms with Gasteiger partial charge in [0.1, 0.15) is 0 Å². The van der Waals surface area contributed by atoms with Crippen LogP contribution in [0.1, 0.15) is 75.6 Å². The molecule has 0 spiro atoms. The lowest BCUT2D eigenvalue weighted by molar-refractivity contribution is -0.136. The molecule has 1 amide bonds. The fraction of sp³-hybridized carbons (Fsp3) is 0.680. The third kappa shape index (κ3) is 2.70. The first-order valence-corrected chi connectivity index (χ1v) is 11.5. The second-order valence-corrected chi connectivity index (χ2v) is 10.7. The number of nitrogen functional groups attached to an aromatic ring is 1. The first-order valence-electron chi connectivity index (χ1n) is 11.5. The maximum Gasteiger partial charge on any atom is 0.220 e. The van der Waals surface area contributed by atoms with Gasteiger partial charge >= 0.3 is 0 Å². The Labute approximate surface area is 174 Å². The van der Waals surface area contributed by atoms with Crippen molar-refractivity contribution in [2.75, 3.05) is 5.73 Å². The molecule has 3 saturated carbocycles. The monoisotopic (exact) mass is 394 g/mol. The maximum atomic E-state index is 13.5. The van der Waals surface area contributed by atoms with Crippen molar-refractivity contribution in [2.45, 2.75) is 71.3 Å². The lowest BCUT2D eigenvalue weighted by Crippen LogP contribution is -2.61. The number of fused-ring (bicyclic) bond motifs is 5. The van der Waals surface area contributed by atoms with Crippen LogP contribution < -0.4 is 11.1 Å². The van der Waals surface area contributed by atoms with Gasteiger partial charge in [-0.3, -0.25) is 9.59 Å². The first-order chi connectivity index (χ1) is 13.8. The number of carbonyl (C=O) groups is 2. The number of nitrogens with two attached hydrogens (primary N) is 1. The van der Waals surface area contributed by atoms with Crippen molar-refractivity contribution in [1.29, 1.82) is 0 Å². The lowest BCUT2D eigenvalue weighted by atomic mass is 9.47. The van der Waals surface area contributed by atoms with E-state index in [2.05, 4.69) is 19.2 Å². The summed E-state index contributed by atoms with van der Waals surface area (Å²) in [7, 11) is 0. The van der Waals surface area contributed by atoms with Gasteiger partial charge in [-0.2, -0.15) is 0 Å². The van der Waals surface area contributed by atoms with E-state index in [4.69, 9.17) is 5.73 Å². The quantitative estimate of drug-likeness (QED) is 0.569. The van der Waals surface area contributed by atoms with Crippen LogP contribution in [0.25, 0.3) is 0 Å². The molecule has 1 saturated heterocycles. The summed E-state index contributed by atoms with van der Waals surface area (Å²) in [6, 6.07) is 7.92. The van der Waals surface area contributed by atoms with Gasteiger partial charge in [-0.05, 0) is 85.7 Å². The van der Waals surface area contributed by atoms with Gasteiger partial charge in [-0.1, -0.05) is 26.0 Å². The van der Waals surface area contributed by atoms with Crippen LogP contribution in [0.15, 0.2) is 24.3 Å². The molecule has 156 valence electrons. The Morgan fingerprint density at radius 2 is 1.76 bits per heavy atom. The molecule has 4 nitrogen and oxygen atoms in total. The van der Waals surface area contributed by atoms with Crippen LogP contribution in [0, 0.1) is 34.5 Å². The van der Waals surface area contributed by atoms with Crippen molar-refractivity contribution in [3.05, 3.63) is 29.8 Å². The molecule has 0 bridgehead atoms. The minimum atomic E-state index is 0.0850. The molecule has 0 aromatic heterocycles. The molecule has 4 aliphatic rings. The summed E-state index contributed by atoms with van der Waals surface area (Å²) in [5.41, 5.74) is 7.79. The van der Waals surface area contributed by atoms with Crippen LogP contribution in [0.4, 0.5) is 5.69 Å². The predicted octanol–water partition coefficient (Wildman–Crippen LogP) is 4.59. The van der Waals surface area contributed by atoms with E-state index < -0.39 is 0 Å². The van der Waals surface area contributed by atoms with E-state index >= 15 is 0 Å². The van der Waals surface area contributed by atoms with Crippen LogP contribution >= 0.6 is 0 Å². The number of Topliss-reactive ketones (excluding diaryl/α,β-unsaturated/α-hetero) is 1. The summed E-state index contributed by atoms with van der Waals surface area (Å²) in [5.74, 6) is 2.58. The molecule has 0 unspecified atom stereocenters. The highest BCUT2D eigenvalue weighted by Crippen LogP contribution is 2.65. The number of ketones is 1. The van der Waals surface area contributed by atoms with E-state index in [-0.39, 0.29) is 28.4 Å². The Kier molecular flexibility index (Phi) is 4.34. The number of carbonyl (C=O) groups excluding carboxylic acids is 2. The van der Waals surface area contributed by atoms with E-state index in [0.717, 1.165) is 32.1 Å². The molecular weight excluding hydrogens is 360 g/mol. The largest absolute Gasteiger partial charge is 0.398 e. The minimum Gasteiger partial charge on any atom is -0.398 e. The number of piperidine rings is 1. The van der Waals surface area contributed by atoms with E-state index in [1.54, 1.807) is 0 Å². The molecule has 4 heteroatoms. The van der Waals surface area contributed by atoms with Gasteiger partial charge in [-0.25, -0.2) is 0 Å². The van der Waals surface area contributed by atoms with E-state index in [1.165, 1.54) is 12.8 Å². The third-order valence-electron chi connectivity index (χ3n) is 9.64. The summed E-state index contributed by atoms with van der Waals surface area (Å²) >= 11 is 0. The van der Waals surface area contributed by atoms with Crippen molar-refractivity contribution >= 4 is 17.4 Å². The van der Waals surface area contributed by atoms with Crippen molar-refractivity contribution in [3.63, 3.8) is 0 Å². The van der Waals surface area contributed by atoms with Gasteiger partial charge in [0, 0.05) is 29.6 Å². The first kappa shape index (κ1) is 19.1. The van der Waals surface area contributed by atoms with Gasteiger partial charge in [0.05, 0.1) is 0 Å². The topological polar surface area (TPSA) is 72.2 Å². The standard InChI is InChI=1S/C25H34N2O2/c1-24-13-11-18-15(7-10-21-25(18,2)14-12-22(28)27-21)17(24)8-9-19(24)23(29)16-5-3-4-6-20(16)26/h3-6,15,17-19,21H,7-14,26H2,1-2H3,(H,27,28)/t15-,17-,18-,19+,21+,24-,25+/m0/s1. The van der Waals surface area contributed by atoms with Crippen molar-refractivity contribution in [3.8, 4) is 0 Å². The minimum absolute atomic E-state index is 0.0850. The number of benzene rings is 1. The van der Waals surface area contributed by atoms with Crippen LogP contribution in [0.2, 0.25) is 0 Å². The van der Waals surface area contributed by atoms with E-state index in [1.807, 2.05) is 24.3 Å². The molecule has 1 heterocycles. The summed E-state index contributed by atoms with van der Waals surface area (Å²) in [6.45, 7) is 4.82. The number of para-hydroxylation sites is 1. The molecule has 0 radical (unpaired) electrons. The Balaban J connectivity index is 1.42. The fourth-order valence-electron chi connectivity index (χ4n) is 8.04. The molecule has 1 aliphatic heterocycles. The average Bonchev–Trinajstić information content (AvgIpc) is 3.05. The number of nitrogens with one attached hydrogen (secondary N) is 1. The van der Waals surface area contributed by atoms with Gasteiger partial charge < -0.3 is 11.1 Å². The summed E-state index contributed by atoms with van der Waals surface area (Å²) in [6.07, 6.45) is 8.46. The van der Waals surface area contributed by atoms with Gasteiger partial charge in [0.25, 0.3) is 0 Å². The highest BCUT2D eigenvalue weighted by atomic mass is 16.1. The summed E-state index contributed by atoms with van der Waals surface area (Å²) in [4.78, 5) is 25.5. The van der Waals surface area contributed by atoms with Crippen LogP contribution in [-0.4, -0.2) is 17.7 Å². The van der Waals surface area contributed by atoms with Crippen LogP contribution in [-0.2, 0) is 4.79 Å². The average molecular weight is 395 g/mol. The van der Waals surface area contributed by atoms with Gasteiger partial charge in [0.15, 0.2) is 5.78 Å². The zero-order chi connectivity index (χ0) is 20.4. The van der Waals surface area contributed by atoms with Crippen molar-refractivity contribution < 1.29 is 9.59 Å². The normalized spacial score (nSPS) is 43.7. The fourth-order valence-corrected chi connectivity index (χ4v) is 8.04. The molecule has 5 rings (SSSR count). The Bertz CT molecular complexity index is 851. The third-order valence-corrected chi connectivity index (χ3v) is 9.64. The van der Waals surface area contributed by atoms with Gasteiger partial charge in [-0.15, -0.1) is 0 Å². The molecule has 7 atom stereocenters. The summed E-state index contributed by atoms with van der Waals surface area (Å²) < 4.78 is 0. The smallest absolute Gasteiger partial charge is 0.220 e. The maximum absolute atomic E-state index is 13.5. The Morgan fingerprint density at radius 3 is 2.55 bits per heavy atom. The number of rotatable bonds is 2. The van der Waals surface area contributed by atoms with E-state index in [9.17, 15) is 9.59 Å². The zero-order valence-electron chi connectivity index (χ0n) is 17.7. The second-order valence-electron chi connectivity index (χ2n) is 10.7. The molecule has 3 aliphatic carbocycles. The highest BCUT2D eigenvalue weighted by Gasteiger charge is 2.61. The molecule has 3 N–H and O–H groups in total. The Hall–Kier alpha value is -1.84. The number of hydrogen-bond acceptors (Lipinski definition) is 3. The zero-order valence-corrected chi connectivity index (χ0v) is 17.7. The summed E-state index contributed by atoms with van der Waals surface area (Å²) in [5, 5.41) is 3.31. The SMILES string of the molecule is C[C@]12CCC(=O)N[C@@H]1CC[C@@H]1[C@@H]2CC[C@]2(C)[C@@H](C(=O)c3ccccc3N)CC[C@@H]12. The second kappa shape index (κ2) is 6.58. The number of amides is 1. The molecular formula is C25H34N2O2. The Morgan fingerprint density at radius 1 is 1.00 bits per heavy atom. The lowest BCUT2D eigenvalue weighted by Gasteiger charge is -2.60. The van der Waals surface area contributed by atoms with Crippen LogP contribution in [0.5, 0.6) is 0 Å². The number of hydrogen-bond donors (Lipinski definition) is 2. The van der Waals surface area contributed by atoms with Crippen molar-refractivity contribution in [1.82, 2.24) is 5.32 Å². The van der Waals surface area contributed by atoms with Crippen LogP contribution in [0.3, 0.4) is 0 Å². The molecule has 29 heavy (non-hydrogen) atoms. The highest BCUT2D eigenvalue weighted by molar-refractivity contribution is 6.02. The molecule has 4 fully saturated rings.